The van der Waals surface area contributed by atoms with Crippen LogP contribution in [0.15, 0.2) is 145 Å². The lowest BCUT2D eigenvalue weighted by molar-refractivity contribution is -0.208. The highest BCUT2D eigenvalue weighted by molar-refractivity contribution is 7.49. The zero-order valence-corrected chi connectivity index (χ0v) is 64.3. The van der Waals surface area contributed by atoms with Gasteiger partial charge in [-0.1, -0.05) is 6.58 Å². The number of aliphatic hydroxyl groups excluding tert-OH is 8. The number of aromatic amines is 3. The number of aromatic nitrogens is 6. The highest BCUT2D eigenvalue weighted by atomic mass is 31.2. The number of rotatable bonds is 16. The van der Waals surface area contributed by atoms with E-state index in [1.165, 1.54) is 9.97 Å². The number of carbonyl (C=O) groups is 1. The van der Waals surface area contributed by atoms with Gasteiger partial charge in [-0.3, -0.25) is 84.0 Å². The van der Waals surface area contributed by atoms with Crippen LogP contribution in [0.5, 0.6) is 23.0 Å². The van der Waals surface area contributed by atoms with Crippen LogP contribution in [0, 0.1) is 40.7 Å². The predicted molar refractivity (Wildman–Crippen MR) is 372 cm³/mol. The molecular weight excluding hydrogens is 1800 g/mol. The quantitative estimate of drug-likeness (QED) is 0.0489. The van der Waals surface area contributed by atoms with Gasteiger partial charge in [-0.25, -0.2) is 67.8 Å². The minimum absolute atomic E-state index is 0.0134. The molecule has 0 radical (unpaired) electrons. The highest BCUT2D eigenvalue weighted by Gasteiger charge is 2.63. The molecule has 4 aromatic carbocycles. The minimum Gasteiger partial charge on any atom is -0.404 e. The molecule has 4 unspecified atom stereocenters. The third-order valence-electron chi connectivity index (χ3n) is 17.8. The Hall–Kier alpha value is -9.85. The predicted octanol–water partition coefficient (Wildman–Crippen LogP) is 2.71. The van der Waals surface area contributed by atoms with E-state index in [0.717, 1.165) is 72.8 Å². The van der Waals surface area contributed by atoms with E-state index in [9.17, 15) is 128 Å². The maximum absolute atomic E-state index is 15.8. The third-order valence-corrected chi connectivity index (χ3v) is 22.8. The number of hydrogen-bond donors (Lipinski definition) is 12. The van der Waals surface area contributed by atoms with E-state index in [2.05, 4.69) is 15.6 Å². The van der Waals surface area contributed by atoms with E-state index < -0.39 is 267 Å². The van der Waals surface area contributed by atoms with Crippen molar-refractivity contribution in [2.75, 3.05) is 26.3 Å². The first-order valence-electron chi connectivity index (χ1n) is 37.0. The summed E-state index contributed by atoms with van der Waals surface area (Å²) in [6.07, 6.45) is -29.5. The summed E-state index contributed by atoms with van der Waals surface area (Å²) in [6, 6.07) is 12.4. The summed E-state index contributed by atoms with van der Waals surface area (Å²) in [4.78, 5) is 85.4. The molecule has 0 saturated carbocycles. The fourth-order valence-electron chi connectivity index (χ4n) is 11.5. The molecule has 0 spiro atoms. The molecule has 20 atom stereocenters. The van der Waals surface area contributed by atoms with Crippen LogP contribution in [-0.2, 0) is 105 Å². The molecule has 3 aromatic heterocycles. The second kappa shape index (κ2) is 34.8. The second-order valence-electron chi connectivity index (χ2n) is 26.2. The first-order valence-corrected chi connectivity index (χ1v) is 39.9. The molecule has 12 heterocycles. The molecule has 16 rings (SSSR count). The van der Waals surface area contributed by atoms with Crippen LogP contribution in [-0.4, -0.2) is 185 Å². The number of alkyl halides is 4. The number of benzene rings is 4. The van der Waals surface area contributed by atoms with Crippen LogP contribution in [0.25, 0.3) is 0 Å². The molecule has 12 N–H and O–H groups in total. The number of carbonyl (C=O) groups excluding carboxylic acids is 1. The fourth-order valence-corrected chi connectivity index (χ4v) is 16.2. The number of H-pyrrole nitrogens is 3. The number of phosphoric ester groups is 4. The third kappa shape index (κ3) is 19.0. The van der Waals surface area contributed by atoms with Gasteiger partial charge in [0, 0.05) is 28.5 Å². The number of nitrogens with one attached hydrogen (secondary N) is 4. The van der Waals surface area contributed by atoms with E-state index in [1.54, 1.807) is 4.98 Å². The van der Waals surface area contributed by atoms with Gasteiger partial charge >= 0.3 is 48.4 Å². The van der Waals surface area contributed by atoms with Gasteiger partial charge in [0.15, 0.2) is 24.9 Å². The highest BCUT2D eigenvalue weighted by Crippen LogP contribution is 2.60. The average Bonchev–Trinajstić information content (AvgIpc) is 1.55. The molecule has 4 fully saturated rings. The molecule has 4 saturated heterocycles. The zero-order chi connectivity index (χ0) is 95.6. The van der Waals surface area contributed by atoms with Gasteiger partial charge in [0.2, 0.25) is 23.3 Å². The van der Waals surface area contributed by atoms with Gasteiger partial charge in [0.05, 0.1) is 53.2 Å². The SMILES string of the molecule is O=c1[nH]c(=O)n([C@@H]2O[C@](F)(COP3(=O)OCc4cc(F)ccc4O3)[C@@H](O)[C@H]2O)cc1F.[2H]C([2H])(OP1(=O)OCc2cc(F)ccc2O1)[C@@]1(F)O[C@@H](n2cc(F)c(=O)[nH]c2=O)[C@H](O)[C@@H]1O.[2H]C([2H])(OP1(=O)OCc2cc(F)ccc2O1)[C@@]1(F)O[C@@]([2H])(N2C=C(F)C(=O)NC2=C)[C@H](O)[C@@H]1O.[2H][C@@]1(n2cc(F)c(=O)[nH]c2=O)O[C@](F)(COP2(=O)OCc3cc(F)ccc3O2)[C@@H](O)[C@H]1O. The number of fused-ring (bicyclic) bond motifs is 4. The Labute approximate surface area is 686 Å². The molecular formula is C65H58F12N8O35P4. The molecule has 43 nitrogen and oxygen atoms in total. The van der Waals surface area contributed by atoms with Crippen molar-refractivity contribution in [1.29, 1.82) is 0 Å². The van der Waals surface area contributed by atoms with E-state index in [1.807, 2.05) is 5.32 Å². The lowest BCUT2D eigenvalue weighted by atomic mass is 10.1. The Morgan fingerprint density at radius 2 is 0.734 bits per heavy atom. The summed E-state index contributed by atoms with van der Waals surface area (Å²) in [5.41, 5.74) is -7.71. The first kappa shape index (κ1) is 83.7. The molecule has 0 bridgehead atoms. The largest absolute Gasteiger partial charge is 0.530 e. The minimum atomic E-state index is -4.96. The maximum Gasteiger partial charge on any atom is 0.530 e. The van der Waals surface area contributed by atoms with Crippen LogP contribution in [0.2, 0.25) is 0 Å². The summed E-state index contributed by atoms with van der Waals surface area (Å²) < 4.78 is 346. The molecule has 124 heavy (non-hydrogen) atoms. The van der Waals surface area contributed by atoms with E-state index in [-0.39, 0.29) is 73.4 Å². The lowest BCUT2D eigenvalue weighted by Gasteiger charge is -2.33. The Kier molecular flexibility index (Phi) is 23.5. The molecule has 9 aliphatic rings. The van der Waals surface area contributed by atoms with Crippen molar-refractivity contribution in [3.63, 3.8) is 0 Å². The Morgan fingerprint density at radius 1 is 0.435 bits per heavy atom. The van der Waals surface area contributed by atoms with Gasteiger partial charge in [-0.05, 0) is 72.8 Å². The number of ether oxygens (including phenoxy) is 4. The smallest absolute Gasteiger partial charge is 0.404 e. The van der Waals surface area contributed by atoms with Crippen molar-refractivity contribution >= 4 is 37.2 Å². The molecule has 0 aliphatic carbocycles. The van der Waals surface area contributed by atoms with E-state index >= 15 is 17.6 Å². The first-order chi connectivity index (χ1) is 60.3. The van der Waals surface area contributed by atoms with Gasteiger partial charge < -0.3 is 88.1 Å². The molecule has 1 amide bonds. The maximum atomic E-state index is 15.8. The van der Waals surface area contributed by atoms with Crippen LogP contribution in [0.4, 0.5) is 52.7 Å². The summed E-state index contributed by atoms with van der Waals surface area (Å²) >= 11 is 0. The molecule has 672 valence electrons. The van der Waals surface area contributed by atoms with Gasteiger partial charge in [0.25, 0.3) is 46.0 Å². The van der Waals surface area contributed by atoms with Crippen LogP contribution >= 0.6 is 31.3 Å². The molecule has 7 aromatic rings. The van der Waals surface area contributed by atoms with E-state index in [4.69, 9.17) is 72.4 Å². The lowest BCUT2D eigenvalue weighted by Crippen LogP contribution is -2.47. The Bertz CT molecular complexity index is 6350. The number of hydrogen-bond acceptors (Lipinski definition) is 36. The van der Waals surface area contributed by atoms with Gasteiger partial charge in [0.1, 0.15) is 127 Å². The average molecular weight is 1870 g/mol. The Balaban J connectivity index is 0.000000148. The standard InChI is InChI=1S/C17H16F3N2O8P.3C16H14F3N2O9P/c1-8-21-15(25)11(19)5-22(8)16-13(23)14(24)17(20,29-16)7-28-31(26)27-6-9-4-10(18)2-3-12(9)30-31;3*17-8-1-2-10-7(3-8)5-27-31(26,30-10)28-6-16(19)12(23)11(22)14(29-16)21-4-9(18)13(24)20-15(21)25/h2-5,13-14,16,23-24H,1,6-7H2,(H,21,25);3*1-4,11-12,14,22-23H,5-6H2,(H,20,24,25)/t13-,14+,16-,17-,31?;3*11-,12+,14-,16-,31?/m1111/s1/i7D2,16D;14D;6D2;. The van der Waals surface area contributed by atoms with Crippen LogP contribution in [0.1, 0.15) is 49.1 Å². The van der Waals surface area contributed by atoms with Crippen molar-refractivity contribution in [1.82, 2.24) is 38.9 Å². The monoisotopic (exact) mass is 1870 g/mol. The van der Waals surface area contributed by atoms with E-state index in [0.29, 0.717) is 21.9 Å². The van der Waals surface area contributed by atoms with Crippen molar-refractivity contribution in [3.8, 4) is 23.0 Å². The molecule has 9 aliphatic heterocycles. The number of halogens is 12. The fraction of sp³-hybridized carbons (Fsp3) is 0.369. The van der Waals surface area contributed by atoms with Crippen molar-refractivity contribution in [3.05, 3.63) is 241 Å². The summed E-state index contributed by atoms with van der Waals surface area (Å²) in [5, 5.41) is 83.1. The zero-order valence-electron chi connectivity index (χ0n) is 66.7. The van der Waals surface area contributed by atoms with Crippen LogP contribution < -0.4 is 57.2 Å². The number of amides is 1. The number of aliphatic hydroxyl groups is 8. The van der Waals surface area contributed by atoms with Crippen molar-refractivity contribution < 1.29 is 198 Å². The summed E-state index contributed by atoms with van der Waals surface area (Å²) in [7, 11) is -18.8. The van der Waals surface area contributed by atoms with Gasteiger partial charge in [-0.15, -0.1) is 0 Å². The second-order valence-corrected chi connectivity index (χ2v) is 32.5. The number of nitrogens with zero attached hydrogens (tertiary/aromatic N) is 4. The summed E-state index contributed by atoms with van der Waals surface area (Å²) in [6.45, 7) is -9.17. The molecule has 59 heteroatoms. The number of phosphoric acid groups is 4. The van der Waals surface area contributed by atoms with Crippen LogP contribution in [0.3, 0.4) is 0 Å². The summed E-state index contributed by atoms with van der Waals surface area (Å²) in [5.74, 6) is -25.8. The van der Waals surface area contributed by atoms with Gasteiger partial charge in [-0.2, -0.15) is 17.6 Å². The topological polar surface area (TPSA) is 575 Å². The van der Waals surface area contributed by atoms with Crippen molar-refractivity contribution in [2.24, 2.45) is 0 Å². The van der Waals surface area contributed by atoms with Crippen molar-refractivity contribution in [2.45, 2.75) is 124 Å². The normalized spacial score (nSPS) is 35.3. The Morgan fingerprint density at radius 3 is 1.12 bits per heavy atom.